The van der Waals surface area contributed by atoms with Crippen molar-refractivity contribution in [2.45, 2.75) is 19.8 Å². The molecule has 0 spiro atoms. The quantitative estimate of drug-likeness (QED) is 0.942. The van der Waals surface area contributed by atoms with Crippen molar-refractivity contribution in [2.75, 3.05) is 18.4 Å². The lowest BCUT2D eigenvalue weighted by molar-refractivity contribution is 0.0786. The zero-order valence-corrected chi connectivity index (χ0v) is 13.1. The number of hydrogen-bond acceptors (Lipinski definition) is 4. The summed E-state index contributed by atoms with van der Waals surface area (Å²) in [6.45, 7) is 3.59. The average molecular weight is 317 g/mol. The Kier molecular flexibility index (Phi) is 4.24. The highest BCUT2D eigenvalue weighted by atomic mass is 35.5. The molecular weight excluding hydrogens is 300 g/mol. The van der Waals surface area contributed by atoms with Gasteiger partial charge in [-0.05, 0) is 43.5 Å². The van der Waals surface area contributed by atoms with Gasteiger partial charge in [0.15, 0.2) is 0 Å². The molecule has 1 amide bonds. The molecule has 0 unspecified atom stereocenters. The average Bonchev–Trinajstić information content (AvgIpc) is 3.04. The van der Waals surface area contributed by atoms with Gasteiger partial charge >= 0.3 is 0 Å². The van der Waals surface area contributed by atoms with E-state index in [-0.39, 0.29) is 5.91 Å². The SMILES string of the molecule is Cc1cc(Cl)ccc1Nc1cnc(C(=O)N2CCCC2)cn1. The lowest BCUT2D eigenvalue weighted by atomic mass is 10.2. The number of halogens is 1. The summed E-state index contributed by atoms with van der Waals surface area (Å²) in [5.74, 6) is 0.558. The van der Waals surface area contributed by atoms with Crippen molar-refractivity contribution in [1.82, 2.24) is 14.9 Å². The van der Waals surface area contributed by atoms with E-state index in [0.29, 0.717) is 16.5 Å². The van der Waals surface area contributed by atoms with Crippen LogP contribution in [-0.2, 0) is 0 Å². The van der Waals surface area contributed by atoms with Crippen molar-refractivity contribution in [3.63, 3.8) is 0 Å². The number of anilines is 2. The van der Waals surface area contributed by atoms with E-state index in [9.17, 15) is 4.79 Å². The molecule has 2 heterocycles. The molecule has 1 saturated heterocycles. The Labute approximate surface area is 134 Å². The molecule has 0 radical (unpaired) electrons. The van der Waals surface area contributed by atoms with Crippen molar-refractivity contribution in [2.24, 2.45) is 0 Å². The summed E-state index contributed by atoms with van der Waals surface area (Å²) in [7, 11) is 0. The molecule has 1 aliphatic heterocycles. The highest BCUT2D eigenvalue weighted by Crippen LogP contribution is 2.22. The topological polar surface area (TPSA) is 58.1 Å². The summed E-state index contributed by atoms with van der Waals surface area (Å²) < 4.78 is 0. The minimum atomic E-state index is -0.0424. The zero-order chi connectivity index (χ0) is 15.5. The minimum absolute atomic E-state index is 0.0424. The van der Waals surface area contributed by atoms with Gasteiger partial charge < -0.3 is 10.2 Å². The van der Waals surface area contributed by atoms with Crippen LogP contribution in [0.2, 0.25) is 5.02 Å². The summed E-state index contributed by atoms with van der Waals surface area (Å²) in [6, 6.07) is 5.58. The van der Waals surface area contributed by atoms with Crippen LogP contribution in [0.5, 0.6) is 0 Å². The lowest BCUT2D eigenvalue weighted by Gasteiger charge is -2.14. The van der Waals surface area contributed by atoms with Crippen LogP contribution in [0.25, 0.3) is 0 Å². The number of carbonyl (C=O) groups is 1. The number of nitrogens with zero attached hydrogens (tertiary/aromatic N) is 3. The van der Waals surface area contributed by atoms with Gasteiger partial charge in [-0.15, -0.1) is 0 Å². The van der Waals surface area contributed by atoms with E-state index in [0.717, 1.165) is 37.2 Å². The smallest absolute Gasteiger partial charge is 0.274 e. The highest BCUT2D eigenvalue weighted by molar-refractivity contribution is 6.30. The monoisotopic (exact) mass is 316 g/mol. The van der Waals surface area contributed by atoms with Crippen LogP contribution in [0.3, 0.4) is 0 Å². The predicted molar refractivity (Wildman–Crippen MR) is 86.6 cm³/mol. The van der Waals surface area contributed by atoms with Gasteiger partial charge in [0.1, 0.15) is 11.5 Å². The van der Waals surface area contributed by atoms with Crippen LogP contribution < -0.4 is 5.32 Å². The van der Waals surface area contributed by atoms with Gasteiger partial charge in [0.25, 0.3) is 5.91 Å². The first-order valence-corrected chi connectivity index (χ1v) is 7.66. The molecule has 1 N–H and O–H groups in total. The molecule has 1 aromatic carbocycles. The standard InChI is InChI=1S/C16H17ClN4O/c1-11-8-12(17)4-5-13(11)20-15-10-18-14(9-19-15)16(22)21-6-2-3-7-21/h4-5,8-10H,2-3,6-7H2,1H3,(H,19,20). The number of carbonyl (C=O) groups excluding carboxylic acids is 1. The number of hydrogen-bond donors (Lipinski definition) is 1. The molecular formula is C16H17ClN4O. The fourth-order valence-electron chi connectivity index (χ4n) is 2.49. The third-order valence-corrected chi connectivity index (χ3v) is 3.95. The number of benzene rings is 1. The first-order valence-electron chi connectivity index (χ1n) is 7.28. The first kappa shape index (κ1) is 14.8. The van der Waals surface area contributed by atoms with Gasteiger partial charge in [0.2, 0.25) is 0 Å². The number of aromatic nitrogens is 2. The van der Waals surface area contributed by atoms with Crippen LogP contribution >= 0.6 is 11.6 Å². The van der Waals surface area contributed by atoms with E-state index in [1.54, 1.807) is 6.20 Å². The van der Waals surface area contributed by atoms with E-state index in [1.165, 1.54) is 6.20 Å². The van der Waals surface area contributed by atoms with Crippen molar-refractivity contribution in [3.8, 4) is 0 Å². The molecule has 6 heteroatoms. The second kappa shape index (κ2) is 6.32. The van der Waals surface area contributed by atoms with E-state index in [4.69, 9.17) is 11.6 Å². The highest BCUT2D eigenvalue weighted by Gasteiger charge is 2.20. The van der Waals surface area contributed by atoms with Gasteiger partial charge in [0.05, 0.1) is 12.4 Å². The van der Waals surface area contributed by atoms with Crippen molar-refractivity contribution in [1.29, 1.82) is 0 Å². The minimum Gasteiger partial charge on any atom is -0.339 e. The first-order chi connectivity index (χ1) is 10.6. The number of aryl methyl sites for hydroxylation is 1. The normalized spacial score (nSPS) is 14.2. The fourth-order valence-corrected chi connectivity index (χ4v) is 2.72. The third-order valence-electron chi connectivity index (χ3n) is 3.72. The van der Waals surface area contributed by atoms with Crippen molar-refractivity contribution >= 4 is 29.0 Å². The summed E-state index contributed by atoms with van der Waals surface area (Å²) in [5, 5.41) is 3.87. The van der Waals surface area contributed by atoms with Gasteiger partial charge in [-0.25, -0.2) is 9.97 Å². The summed E-state index contributed by atoms with van der Waals surface area (Å²) in [6.07, 6.45) is 5.23. The van der Waals surface area contributed by atoms with E-state index in [2.05, 4.69) is 15.3 Å². The second-order valence-corrected chi connectivity index (χ2v) is 5.81. The Morgan fingerprint density at radius 3 is 2.64 bits per heavy atom. The molecule has 2 aromatic rings. The number of rotatable bonds is 3. The maximum Gasteiger partial charge on any atom is 0.274 e. The largest absolute Gasteiger partial charge is 0.339 e. The maximum atomic E-state index is 12.2. The van der Waals surface area contributed by atoms with Gasteiger partial charge in [-0.2, -0.15) is 0 Å². The molecule has 0 bridgehead atoms. The molecule has 1 fully saturated rings. The van der Waals surface area contributed by atoms with E-state index in [1.807, 2.05) is 30.0 Å². The molecule has 1 aromatic heterocycles. The Morgan fingerprint density at radius 2 is 2.00 bits per heavy atom. The third kappa shape index (κ3) is 3.20. The molecule has 1 aliphatic rings. The van der Waals surface area contributed by atoms with Gasteiger partial charge in [0, 0.05) is 23.8 Å². The van der Waals surface area contributed by atoms with Crippen molar-refractivity contribution < 1.29 is 4.79 Å². The van der Waals surface area contributed by atoms with Crippen molar-refractivity contribution in [3.05, 3.63) is 46.9 Å². The number of likely N-dealkylation sites (tertiary alicyclic amines) is 1. The number of amides is 1. The van der Waals surface area contributed by atoms with E-state index < -0.39 is 0 Å². The zero-order valence-electron chi connectivity index (χ0n) is 12.3. The number of nitrogens with one attached hydrogen (secondary N) is 1. The molecule has 114 valence electrons. The van der Waals surface area contributed by atoms with Crippen LogP contribution in [0.1, 0.15) is 28.9 Å². The Hall–Kier alpha value is -2.14. The fraction of sp³-hybridized carbons (Fsp3) is 0.312. The molecule has 0 aliphatic carbocycles. The van der Waals surface area contributed by atoms with Crippen LogP contribution in [0.4, 0.5) is 11.5 Å². The maximum absolute atomic E-state index is 12.2. The molecule has 22 heavy (non-hydrogen) atoms. The predicted octanol–water partition coefficient (Wildman–Crippen LogP) is 3.42. The van der Waals surface area contributed by atoms with Gasteiger partial charge in [-0.1, -0.05) is 11.6 Å². The molecule has 0 saturated carbocycles. The summed E-state index contributed by atoms with van der Waals surface area (Å²) in [4.78, 5) is 22.5. The second-order valence-electron chi connectivity index (χ2n) is 5.37. The van der Waals surface area contributed by atoms with Crippen LogP contribution in [0, 0.1) is 6.92 Å². The van der Waals surface area contributed by atoms with Crippen LogP contribution in [0.15, 0.2) is 30.6 Å². The molecule has 3 rings (SSSR count). The Morgan fingerprint density at radius 1 is 1.23 bits per heavy atom. The van der Waals surface area contributed by atoms with Gasteiger partial charge in [-0.3, -0.25) is 4.79 Å². The molecule has 0 atom stereocenters. The summed E-state index contributed by atoms with van der Waals surface area (Å²) in [5.41, 5.74) is 2.32. The van der Waals surface area contributed by atoms with Crippen LogP contribution in [-0.4, -0.2) is 33.9 Å². The van der Waals surface area contributed by atoms with E-state index >= 15 is 0 Å². The Bertz CT molecular complexity index is 681. The lowest BCUT2D eigenvalue weighted by Crippen LogP contribution is -2.28. The summed E-state index contributed by atoms with van der Waals surface area (Å²) >= 11 is 5.94. The molecule has 5 nitrogen and oxygen atoms in total. The Balaban J connectivity index is 1.72.